The highest BCUT2D eigenvalue weighted by Crippen LogP contribution is 2.42. The molecule has 8 nitrogen and oxygen atoms in total. The zero-order valence-electron chi connectivity index (χ0n) is 22.0. The van der Waals surface area contributed by atoms with E-state index >= 15 is 0 Å². The highest BCUT2D eigenvalue weighted by molar-refractivity contribution is 7.86. The fourth-order valence-electron chi connectivity index (χ4n) is 4.59. The monoisotopic (exact) mass is 555 g/mol. The molecule has 0 radical (unpaired) electrons. The van der Waals surface area contributed by atoms with Gasteiger partial charge >= 0.3 is 5.51 Å². The minimum atomic E-state index is -6.09. The van der Waals surface area contributed by atoms with Crippen molar-refractivity contribution < 1.29 is 40.2 Å². The van der Waals surface area contributed by atoms with E-state index in [0.29, 0.717) is 0 Å². The molecule has 4 rings (SSSR count). The summed E-state index contributed by atoms with van der Waals surface area (Å²) in [6.07, 6.45) is 3.11. The third-order valence-corrected chi connectivity index (χ3v) is 6.90. The van der Waals surface area contributed by atoms with E-state index < -0.39 is 15.6 Å². The number of aromatic nitrogens is 1. The average Bonchev–Trinajstić information content (AvgIpc) is 2.85. The topological polar surface area (TPSA) is 94.8 Å². The first kappa shape index (κ1) is 29.5. The zero-order chi connectivity index (χ0) is 28.3. The molecule has 0 aliphatic heterocycles. The fraction of sp³-hybridized carbons (Fsp3) is 0.423. The van der Waals surface area contributed by atoms with E-state index in [1.54, 1.807) is 14.2 Å². The highest BCUT2D eigenvalue weighted by atomic mass is 32.2. The first-order chi connectivity index (χ1) is 17.8. The van der Waals surface area contributed by atoms with Gasteiger partial charge in [0, 0.05) is 18.2 Å². The second-order valence-corrected chi connectivity index (χ2v) is 10.5. The Kier molecular flexibility index (Phi) is 9.11. The van der Waals surface area contributed by atoms with Crippen LogP contribution in [0, 0.1) is 0 Å². The van der Waals surface area contributed by atoms with Gasteiger partial charge in [-0.2, -0.15) is 17.7 Å². The van der Waals surface area contributed by atoms with Crippen molar-refractivity contribution in [3.05, 3.63) is 47.5 Å². The molecule has 0 unspecified atom stereocenters. The molecular formula is C26H32F3N3O5S. The second kappa shape index (κ2) is 11.7. The molecule has 0 saturated heterocycles. The summed E-state index contributed by atoms with van der Waals surface area (Å²) >= 11 is 0. The summed E-state index contributed by atoms with van der Waals surface area (Å²) in [5.74, 6) is 1.57. The highest BCUT2D eigenvalue weighted by Gasteiger charge is 2.37. The van der Waals surface area contributed by atoms with Gasteiger partial charge in [-0.1, -0.05) is 12.1 Å². The van der Waals surface area contributed by atoms with Gasteiger partial charge in [0.25, 0.3) is 0 Å². The van der Waals surface area contributed by atoms with Crippen LogP contribution >= 0.6 is 0 Å². The maximum atomic E-state index is 10.7. The molecule has 0 spiro atoms. The van der Waals surface area contributed by atoms with Crippen LogP contribution in [0.4, 0.5) is 18.9 Å². The predicted octanol–water partition coefficient (Wildman–Crippen LogP) is 3.86. The number of anilines is 1. The fourth-order valence-corrected chi connectivity index (χ4v) is 4.59. The SMILES string of the molecule is COc1cc2c(cc1OC)-c1c(c(NCCCN(C)C)c3ccccc3[n+]1C)CC2.O=S(=O)([O-])C(F)(F)F. The van der Waals surface area contributed by atoms with E-state index in [1.807, 2.05) is 0 Å². The molecule has 1 aliphatic carbocycles. The Morgan fingerprint density at radius 1 is 1.08 bits per heavy atom. The summed E-state index contributed by atoms with van der Waals surface area (Å²) in [4.78, 5) is 2.23. The minimum Gasteiger partial charge on any atom is -0.741 e. The van der Waals surface area contributed by atoms with Gasteiger partial charge in [0.15, 0.2) is 21.6 Å². The van der Waals surface area contributed by atoms with Crippen LogP contribution in [0.15, 0.2) is 36.4 Å². The number of alkyl halides is 3. The molecule has 208 valence electrons. The lowest BCUT2D eigenvalue weighted by molar-refractivity contribution is -0.634. The summed E-state index contributed by atoms with van der Waals surface area (Å²) in [5, 5.41) is 5.07. The summed E-state index contributed by atoms with van der Waals surface area (Å²) in [6.45, 7) is 2.04. The van der Waals surface area contributed by atoms with Crippen LogP contribution < -0.4 is 19.4 Å². The smallest absolute Gasteiger partial charge is 0.485 e. The largest absolute Gasteiger partial charge is 0.741 e. The Morgan fingerprint density at radius 2 is 1.68 bits per heavy atom. The number of fused-ring (bicyclic) bond motifs is 4. The van der Waals surface area contributed by atoms with E-state index in [1.165, 1.54) is 39.0 Å². The maximum Gasteiger partial charge on any atom is 0.485 e. The van der Waals surface area contributed by atoms with Crippen molar-refractivity contribution in [2.75, 3.05) is 46.7 Å². The van der Waals surface area contributed by atoms with Crippen molar-refractivity contribution in [1.29, 1.82) is 0 Å². The van der Waals surface area contributed by atoms with Crippen molar-refractivity contribution in [3.63, 3.8) is 0 Å². The van der Waals surface area contributed by atoms with E-state index in [-0.39, 0.29) is 0 Å². The van der Waals surface area contributed by atoms with Gasteiger partial charge < -0.3 is 24.2 Å². The second-order valence-electron chi connectivity index (χ2n) is 9.13. The molecule has 0 bridgehead atoms. The lowest BCUT2D eigenvalue weighted by atomic mass is 9.86. The van der Waals surface area contributed by atoms with Crippen LogP contribution in [-0.4, -0.2) is 64.8 Å². The molecule has 2 aromatic carbocycles. The quantitative estimate of drug-likeness (QED) is 0.205. The number of hydrogen-bond donors (Lipinski definition) is 1. The van der Waals surface area contributed by atoms with Gasteiger partial charge in [0.05, 0.1) is 30.9 Å². The molecule has 12 heteroatoms. The average molecular weight is 556 g/mol. The molecule has 0 saturated carbocycles. The number of nitrogens with one attached hydrogen (secondary N) is 1. The maximum absolute atomic E-state index is 10.7. The number of rotatable bonds is 7. The number of aryl methyl sites for hydroxylation is 2. The Bertz CT molecular complexity index is 1410. The van der Waals surface area contributed by atoms with E-state index in [2.05, 4.69) is 72.3 Å². The summed E-state index contributed by atoms with van der Waals surface area (Å²) in [6, 6.07) is 12.9. The van der Waals surface area contributed by atoms with Gasteiger partial charge in [0.2, 0.25) is 11.2 Å². The summed E-state index contributed by atoms with van der Waals surface area (Å²) in [7, 11) is 3.73. The third-order valence-electron chi connectivity index (χ3n) is 6.33. The normalized spacial score (nSPS) is 12.9. The number of hydrogen-bond acceptors (Lipinski definition) is 7. The van der Waals surface area contributed by atoms with Crippen LogP contribution in [0.3, 0.4) is 0 Å². The molecule has 3 aromatic rings. The molecule has 1 heterocycles. The van der Waals surface area contributed by atoms with Crippen LogP contribution in [0.1, 0.15) is 17.5 Å². The Balaban J connectivity index is 0.000000436. The molecule has 1 aromatic heterocycles. The lowest BCUT2D eigenvalue weighted by Crippen LogP contribution is -2.36. The van der Waals surface area contributed by atoms with Gasteiger partial charge in [-0.3, -0.25) is 0 Å². The molecule has 1 aliphatic rings. The summed E-state index contributed by atoms with van der Waals surface area (Å²) in [5.41, 5.74) is 2.06. The van der Waals surface area contributed by atoms with Gasteiger partial charge in [-0.25, -0.2) is 8.42 Å². The molecule has 0 fully saturated rings. The number of pyridine rings is 1. The first-order valence-corrected chi connectivity index (χ1v) is 13.3. The molecular weight excluding hydrogens is 523 g/mol. The van der Waals surface area contributed by atoms with Crippen molar-refractivity contribution in [1.82, 2.24) is 4.90 Å². The van der Waals surface area contributed by atoms with Crippen LogP contribution in [-0.2, 0) is 30.0 Å². The molecule has 38 heavy (non-hydrogen) atoms. The van der Waals surface area contributed by atoms with E-state index in [0.717, 1.165) is 43.9 Å². The molecule has 0 atom stereocenters. The number of nitrogens with zero attached hydrogens (tertiary/aromatic N) is 2. The number of para-hydroxylation sites is 1. The van der Waals surface area contributed by atoms with Gasteiger partial charge in [-0.05, 0) is 63.7 Å². The minimum absolute atomic E-state index is 0.776. The lowest BCUT2D eigenvalue weighted by Gasteiger charge is -2.24. The van der Waals surface area contributed by atoms with Gasteiger partial charge in [-0.15, -0.1) is 0 Å². The number of methoxy groups -OCH3 is 2. The third kappa shape index (κ3) is 6.30. The number of ether oxygens (including phenoxy) is 2. The Labute approximate surface area is 220 Å². The Morgan fingerprint density at radius 3 is 2.26 bits per heavy atom. The van der Waals surface area contributed by atoms with Crippen molar-refractivity contribution in [2.24, 2.45) is 7.05 Å². The molecule has 1 N–H and O–H groups in total. The first-order valence-electron chi connectivity index (χ1n) is 11.9. The summed E-state index contributed by atoms with van der Waals surface area (Å²) < 4.78 is 72.4. The molecule has 0 amide bonds. The van der Waals surface area contributed by atoms with Crippen molar-refractivity contribution in [3.8, 4) is 22.8 Å². The van der Waals surface area contributed by atoms with Crippen LogP contribution in [0.25, 0.3) is 22.2 Å². The van der Waals surface area contributed by atoms with E-state index in [9.17, 15) is 13.2 Å². The van der Waals surface area contributed by atoms with Gasteiger partial charge in [0.1, 0.15) is 7.05 Å². The number of halogens is 3. The zero-order valence-corrected chi connectivity index (χ0v) is 22.8. The predicted molar refractivity (Wildman–Crippen MR) is 138 cm³/mol. The van der Waals surface area contributed by atoms with E-state index in [4.69, 9.17) is 22.4 Å². The van der Waals surface area contributed by atoms with Crippen molar-refractivity contribution >= 4 is 26.7 Å². The standard InChI is InChI=1S/C25H31N3O2.CHF3O3S/c1-27(2)14-8-13-26-24-18-9-6-7-10-21(18)28(3)25-19(24)12-11-17-15-22(29-4)23(30-5)16-20(17)25;2-1(3,4)8(5,6)7/h6-7,9-10,15-16H,8,11-14H2,1-5H3;(H,5,6,7). The number of benzene rings is 2. The Hall–Kier alpha value is -3.09. The van der Waals surface area contributed by atoms with Crippen molar-refractivity contribution in [2.45, 2.75) is 24.8 Å². The van der Waals surface area contributed by atoms with Crippen LogP contribution in [0.2, 0.25) is 0 Å². The van der Waals surface area contributed by atoms with Crippen LogP contribution in [0.5, 0.6) is 11.5 Å².